The van der Waals surface area contributed by atoms with Crippen molar-refractivity contribution in [2.24, 2.45) is 5.92 Å². The molecule has 2 N–H and O–H groups in total. The summed E-state index contributed by atoms with van der Waals surface area (Å²) in [6, 6.07) is 1.68. The molecule has 2 fully saturated rings. The van der Waals surface area contributed by atoms with Gasteiger partial charge in [0.2, 0.25) is 5.88 Å². The second-order valence-electron chi connectivity index (χ2n) is 7.93. The maximum atomic E-state index is 12.7. The van der Waals surface area contributed by atoms with Crippen LogP contribution in [0.15, 0.2) is 10.6 Å². The summed E-state index contributed by atoms with van der Waals surface area (Å²) in [7, 11) is 0. The Balaban J connectivity index is 1.63. The molecule has 2 heterocycles. The van der Waals surface area contributed by atoms with E-state index in [1.165, 1.54) is 0 Å². The van der Waals surface area contributed by atoms with E-state index in [-0.39, 0.29) is 29.7 Å². The first-order valence-corrected chi connectivity index (χ1v) is 10.5. The molecule has 0 aromatic carbocycles. The van der Waals surface area contributed by atoms with E-state index >= 15 is 0 Å². The SMILES string of the molecule is CC(C)(C(=O)Nc1cc(C2(CO)CCCC2)no1)[S+]([O-])C[C@H]1CCOC1. The Kier molecular flexibility index (Phi) is 5.96. The van der Waals surface area contributed by atoms with Gasteiger partial charge in [-0.3, -0.25) is 10.1 Å². The predicted molar refractivity (Wildman–Crippen MR) is 98.4 cm³/mol. The van der Waals surface area contributed by atoms with Gasteiger partial charge in [0.1, 0.15) is 5.75 Å². The fourth-order valence-electron chi connectivity index (χ4n) is 3.63. The van der Waals surface area contributed by atoms with Crippen LogP contribution in [0, 0.1) is 5.92 Å². The van der Waals surface area contributed by atoms with Crippen molar-refractivity contribution in [2.45, 2.75) is 56.1 Å². The number of anilines is 1. The lowest BCUT2D eigenvalue weighted by Gasteiger charge is -2.28. The summed E-state index contributed by atoms with van der Waals surface area (Å²) in [5, 5.41) is 16.5. The van der Waals surface area contributed by atoms with Gasteiger partial charge in [-0.1, -0.05) is 18.0 Å². The summed E-state index contributed by atoms with van der Waals surface area (Å²) in [5.74, 6) is 0.572. The summed E-state index contributed by atoms with van der Waals surface area (Å²) in [6.07, 6.45) is 4.71. The molecule has 1 saturated heterocycles. The first-order chi connectivity index (χ1) is 12.4. The largest absolute Gasteiger partial charge is 0.616 e. The van der Waals surface area contributed by atoms with E-state index in [0.29, 0.717) is 24.7 Å². The summed E-state index contributed by atoms with van der Waals surface area (Å²) >= 11 is -1.32. The van der Waals surface area contributed by atoms with Crippen LogP contribution in [0.2, 0.25) is 0 Å². The average molecular weight is 384 g/mol. The molecule has 1 saturated carbocycles. The van der Waals surface area contributed by atoms with Gasteiger partial charge in [0.05, 0.1) is 18.9 Å². The molecule has 1 aromatic rings. The van der Waals surface area contributed by atoms with E-state index in [9.17, 15) is 14.5 Å². The lowest BCUT2D eigenvalue weighted by Crippen LogP contribution is -2.46. The lowest BCUT2D eigenvalue weighted by molar-refractivity contribution is -0.118. The van der Waals surface area contributed by atoms with Crippen molar-refractivity contribution < 1.29 is 23.7 Å². The summed E-state index contributed by atoms with van der Waals surface area (Å²) in [4.78, 5) is 12.7. The molecule has 1 aliphatic heterocycles. The van der Waals surface area contributed by atoms with Gasteiger partial charge >= 0.3 is 0 Å². The van der Waals surface area contributed by atoms with Crippen molar-refractivity contribution in [3.8, 4) is 0 Å². The minimum Gasteiger partial charge on any atom is -0.616 e. The standard InChI is InChI=1S/C18H28N2O5S/c1-17(2,26(23)11-13-5-8-24-10-13)16(22)19-15-9-14(20-25-15)18(12-21)6-3-4-7-18/h9,13,21H,3-8,10-12H2,1-2H3,(H,19,22)/t13-,26?/m0/s1. The number of carbonyl (C=O) groups excluding carboxylic acids is 1. The monoisotopic (exact) mass is 384 g/mol. The molecule has 1 aliphatic carbocycles. The van der Waals surface area contributed by atoms with E-state index in [1.54, 1.807) is 19.9 Å². The average Bonchev–Trinajstić information content (AvgIpc) is 3.36. The Labute approximate surface area is 157 Å². The number of amides is 1. The van der Waals surface area contributed by atoms with Crippen LogP contribution in [0.5, 0.6) is 0 Å². The van der Waals surface area contributed by atoms with Crippen LogP contribution in [-0.4, -0.2) is 51.0 Å². The number of nitrogens with zero attached hydrogens (tertiary/aromatic N) is 1. The molecule has 7 nitrogen and oxygen atoms in total. The molecular weight excluding hydrogens is 356 g/mol. The van der Waals surface area contributed by atoms with E-state index < -0.39 is 15.9 Å². The van der Waals surface area contributed by atoms with Crippen LogP contribution in [0.25, 0.3) is 0 Å². The number of hydrogen-bond donors (Lipinski definition) is 2. The second kappa shape index (κ2) is 7.88. The maximum absolute atomic E-state index is 12.7. The highest BCUT2D eigenvalue weighted by Gasteiger charge is 2.43. The molecular formula is C18H28N2O5S. The number of carbonyl (C=O) groups is 1. The molecule has 146 valence electrons. The summed E-state index contributed by atoms with van der Waals surface area (Å²) < 4.78 is 22.2. The highest BCUT2D eigenvalue weighted by atomic mass is 32.2. The van der Waals surface area contributed by atoms with E-state index in [4.69, 9.17) is 9.26 Å². The van der Waals surface area contributed by atoms with Crippen LogP contribution in [0.1, 0.15) is 51.6 Å². The second-order valence-corrected chi connectivity index (χ2v) is 9.97. The van der Waals surface area contributed by atoms with Crippen LogP contribution >= 0.6 is 0 Å². The molecule has 0 radical (unpaired) electrons. The van der Waals surface area contributed by atoms with E-state index in [0.717, 1.165) is 32.1 Å². The van der Waals surface area contributed by atoms with Crippen molar-refractivity contribution >= 4 is 23.0 Å². The fourth-order valence-corrected chi connectivity index (χ4v) is 5.00. The minimum atomic E-state index is -1.32. The molecule has 8 heteroatoms. The number of nitrogens with one attached hydrogen (secondary N) is 1. The summed E-state index contributed by atoms with van der Waals surface area (Å²) in [6.45, 7) is 4.68. The zero-order chi connectivity index (χ0) is 18.8. The smallest absolute Gasteiger partial charge is 0.282 e. The summed E-state index contributed by atoms with van der Waals surface area (Å²) in [5.41, 5.74) is 0.308. The highest BCUT2D eigenvalue weighted by Crippen LogP contribution is 2.40. The number of aliphatic hydroxyl groups is 1. The van der Waals surface area contributed by atoms with Crippen molar-refractivity contribution in [1.29, 1.82) is 0 Å². The zero-order valence-corrected chi connectivity index (χ0v) is 16.3. The Bertz CT molecular complexity index is 621. The minimum absolute atomic E-state index is 0.0197. The number of aliphatic hydroxyl groups excluding tert-OH is 1. The Morgan fingerprint density at radius 1 is 1.50 bits per heavy atom. The lowest BCUT2D eigenvalue weighted by atomic mass is 9.84. The van der Waals surface area contributed by atoms with Gasteiger partial charge in [-0.05, 0) is 44.3 Å². The fraction of sp³-hybridized carbons (Fsp3) is 0.778. The van der Waals surface area contributed by atoms with Crippen molar-refractivity contribution in [1.82, 2.24) is 5.16 Å². The van der Waals surface area contributed by atoms with Gasteiger partial charge < -0.3 is 18.9 Å². The van der Waals surface area contributed by atoms with E-state index in [2.05, 4.69) is 10.5 Å². The van der Waals surface area contributed by atoms with Gasteiger partial charge in [-0.15, -0.1) is 0 Å². The molecule has 26 heavy (non-hydrogen) atoms. The van der Waals surface area contributed by atoms with Crippen LogP contribution < -0.4 is 5.32 Å². The van der Waals surface area contributed by atoms with Gasteiger partial charge in [-0.2, -0.15) is 0 Å². The Morgan fingerprint density at radius 3 is 2.85 bits per heavy atom. The Morgan fingerprint density at radius 2 is 2.23 bits per heavy atom. The molecule has 1 aromatic heterocycles. The molecule has 0 spiro atoms. The number of hydrogen-bond acceptors (Lipinski definition) is 6. The third-order valence-electron chi connectivity index (χ3n) is 5.68. The normalized spacial score (nSPS) is 23.9. The van der Waals surface area contributed by atoms with E-state index in [1.807, 2.05) is 0 Å². The number of aromatic nitrogens is 1. The third-order valence-corrected chi connectivity index (χ3v) is 7.78. The van der Waals surface area contributed by atoms with Gasteiger partial charge in [0, 0.05) is 24.0 Å². The zero-order valence-electron chi connectivity index (χ0n) is 15.5. The highest BCUT2D eigenvalue weighted by molar-refractivity contribution is 7.93. The van der Waals surface area contributed by atoms with Crippen LogP contribution in [-0.2, 0) is 26.1 Å². The molecule has 2 atom stereocenters. The first kappa shape index (κ1) is 19.7. The van der Waals surface area contributed by atoms with Crippen LogP contribution in [0.4, 0.5) is 5.88 Å². The molecule has 3 rings (SSSR count). The van der Waals surface area contributed by atoms with Gasteiger partial charge in [-0.25, -0.2) is 0 Å². The van der Waals surface area contributed by atoms with Gasteiger partial charge in [0.15, 0.2) is 4.75 Å². The predicted octanol–water partition coefficient (Wildman–Crippen LogP) is 1.98. The molecule has 1 unspecified atom stereocenters. The van der Waals surface area contributed by atoms with Gasteiger partial charge in [0.25, 0.3) is 5.91 Å². The third kappa shape index (κ3) is 3.93. The topological polar surface area (TPSA) is 108 Å². The molecule has 1 amide bonds. The Hall–Kier alpha value is -1.09. The molecule has 2 aliphatic rings. The molecule has 0 bridgehead atoms. The maximum Gasteiger partial charge on any atom is 0.282 e. The first-order valence-electron chi connectivity index (χ1n) is 9.23. The van der Waals surface area contributed by atoms with Crippen molar-refractivity contribution in [3.05, 3.63) is 11.8 Å². The van der Waals surface area contributed by atoms with Crippen molar-refractivity contribution in [2.75, 3.05) is 30.9 Å². The van der Waals surface area contributed by atoms with Crippen molar-refractivity contribution in [3.63, 3.8) is 0 Å². The number of ether oxygens (including phenoxy) is 1. The quantitative estimate of drug-likeness (QED) is 0.696. The van der Waals surface area contributed by atoms with Crippen LogP contribution in [0.3, 0.4) is 0 Å². The number of rotatable bonds is 7.